The van der Waals surface area contributed by atoms with Gasteiger partial charge >= 0.3 is 5.69 Å². The molecule has 0 spiro atoms. The SMILES string of the molecule is O=C(CCCn1c(=O)c2cc(F)c(NC3CCCCC3)cc2n(C2CCCC2)c1=O)NOC1CCCCO1. The molecule has 0 bridgehead atoms. The summed E-state index contributed by atoms with van der Waals surface area (Å²) in [4.78, 5) is 44.6. The van der Waals surface area contributed by atoms with Crippen molar-refractivity contribution in [2.45, 2.75) is 115 Å². The molecular formula is C28H39FN4O5. The van der Waals surface area contributed by atoms with Crippen molar-refractivity contribution in [3.63, 3.8) is 0 Å². The molecule has 2 aromatic rings. The molecule has 38 heavy (non-hydrogen) atoms. The number of fused-ring (bicyclic) bond motifs is 1. The predicted molar refractivity (Wildman–Crippen MR) is 142 cm³/mol. The second kappa shape index (κ2) is 12.4. The smallest absolute Gasteiger partial charge is 0.331 e. The molecular weight excluding hydrogens is 491 g/mol. The number of ether oxygens (including phenoxy) is 1. The molecule has 2 heterocycles. The lowest BCUT2D eigenvalue weighted by Crippen LogP contribution is -2.41. The Bertz CT molecular complexity index is 1240. The fraction of sp³-hybridized carbons (Fsp3) is 0.679. The molecule has 2 aliphatic carbocycles. The summed E-state index contributed by atoms with van der Waals surface area (Å²) in [6.45, 7) is 0.675. The minimum absolute atomic E-state index is 0.0305. The van der Waals surface area contributed by atoms with Gasteiger partial charge in [0.1, 0.15) is 5.82 Å². The van der Waals surface area contributed by atoms with Gasteiger partial charge in [-0.3, -0.25) is 18.7 Å². The first-order chi connectivity index (χ1) is 18.5. The first-order valence-electron chi connectivity index (χ1n) is 14.3. The van der Waals surface area contributed by atoms with Gasteiger partial charge in [0.25, 0.3) is 5.56 Å². The van der Waals surface area contributed by atoms with E-state index in [0.29, 0.717) is 17.8 Å². The van der Waals surface area contributed by atoms with E-state index in [1.54, 1.807) is 10.6 Å². The number of aromatic nitrogens is 2. The molecule has 3 aliphatic rings. The van der Waals surface area contributed by atoms with Crippen molar-refractivity contribution >= 4 is 22.5 Å². The first-order valence-corrected chi connectivity index (χ1v) is 14.3. The van der Waals surface area contributed by atoms with Crippen LogP contribution in [0.25, 0.3) is 10.9 Å². The molecule has 1 unspecified atom stereocenters. The fourth-order valence-corrected chi connectivity index (χ4v) is 6.07. The standard InChI is InChI=1S/C28H39FN4O5/c29-22-17-21-24(18-23(22)30-19-9-2-1-3-10-19)33(20-11-4-5-12-20)28(36)32(27(21)35)15-8-13-25(34)31-38-26-14-6-7-16-37-26/h17-20,26,30H,1-16H2,(H,31,34). The van der Waals surface area contributed by atoms with Crippen LogP contribution in [0.15, 0.2) is 21.7 Å². The average molecular weight is 531 g/mol. The van der Waals surface area contributed by atoms with Gasteiger partial charge in [-0.25, -0.2) is 19.5 Å². The van der Waals surface area contributed by atoms with Crippen LogP contribution in [-0.4, -0.2) is 34.0 Å². The van der Waals surface area contributed by atoms with Crippen molar-refractivity contribution in [2.24, 2.45) is 0 Å². The van der Waals surface area contributed by atoms with Crippen LogP contribution in [0.1, 0.15) is 95.9 Å². The number of anilines is 1. The van der Waals surface area contributed by atoms with Gasteiger partial charge in [0.05, 0.1) is 16.6 Å². The topological polar surface area (TPSA) is 104 Å². The summed E-state index contributed by atoms with van der Waals surface area (Å²) in [5.74, 6) is -0.821. The van der Waals surface area contributed by atoms with E-state index in [4.69, 9.17) is 9.57 Å². The van der Waals surface area contributed by atoms with E-state index in [2.05, 4.69) is 10.8 Å². The lowest BCUT2D eigenvalue weighted by molar-refractivity contribution is -0.200. The molecule has 208 valence electrons. The zero-order chi connectivity index (χ0) is 26.5. The molecule has 5 rings (SSSR count). The number of nitrogens with zero attached hydrogens (tertiary/aromatic N) is 2. The number of hydrogen-bond acceptors (Lipinski definition) is 6. The Hall–Kier alpha value is -2.72. The second-order valence-corrected chi connectivity index (χ2v) is 10.9. The van der Waals surface area contributed by atoms with Crippen LogP contribution < -0.4 is 22.0 Å². The number of nitrogens with one attached hydrogen (secondary N) is 2. The van der Waals surface area contributed by atoms with Crippen LogP contribution in [0.3, 0.4) is 0 Å². The average Bonchev–Trinajstić information content (AvgIpc) is 3.46. The second-order valence-electron chi connectivity index (χ2n) is 10.9. The maximum absolute atomic E-state index is 15.2. The van der Waals surface area contributed by atoms with Gasteiger partial charge < -0.3 is 10.1 Å². The number of carbonyl (C=O) groups excluding carboxylic acids is 1. The highest BCUT2D eigenvalue weighted by atomic mass is 19.1. The van der Waals surface area contributed by atoms with Crippen LogP contribution in [-0.2, 0) is 20.9 Å². The number of benzene rings is 1. The van der Waals surface area contributed by atoms with Gasteiger partial charge in [-0.15, -0.1) is 0 Å². The van der Waals surface area contributed by atoms with Crippen LogP contribution in [0, 0.1) is 5.82 Å². The van der Waals surface area contributed by atoms with Crippen LogP contribution in [0.4, 0.5) is 10.1 Å². The fourth-order valence-electron chi connectivity index (χ4n) is 6.07. The van der Waals surface area contributed by atoms with Crippen molar-refractivity contribution in [1.29, 1.82) is 0 Å². The molecule has 1 atom stereocenters. The van der Waals surface area contributed by atoms with E-state index in [1.165, 1.54) is 12.5 Å². The number of carbonyl (C=O) groups is 1. The molecule has 3 fully saturated rings. The molecule has 1 saturated heterocycles. The molecule has 2 N–H and O–H groups in total. The summed E-state index contributed by atoms with van der Waals surface area (Å²) < 4.78 is 23.5. The molecule has 0 radical (unpaired) electrons. The molecule has 10 heteroatoms. The third kappa shape index (κ3) is 6.12. The number of amides is 1. The van der Waals surface area contributed by atoms with Crippen molar-refractivity contribution in [3.8, 4) is 0 Å². The van der Waals surface area contributed by atoms with Gasteiger partial charge in [-0.1, -0.05) is 32.1 Å². The van der Waals surface area contributed by atoms with E-state index in [-0.39, 0.29) is 42.8 Å². The minimum Gasteiger partial charge on any atom is -0.380 e. The first kappa shape index (κ1) is 26.9. The molecule has 1 aliphatic heterocycles. The van der Waals surface area contributed by atoms with Crippen LogP contribution in [0.2, 0.25) is 0 Å². The van der Waals surface area contributed by atoms with Crippen LogP contribution in [0.5, 0.6) is 0 Å². The van der Waals surface area contributed by atoms with E-state index in [9.17, 15) is 14.4 Å². The summed E-state index contributed by atoms with van der Waals surface area (Å²) in [6, 6.07) is 3.09. The largest absolute Gasteiger partial charge is 0.380 e. The third-order valence-corrected chi connectivity index (χ3v) is 8.14. The molecule has 1 amide bonds. The Kier molecular flexibility index (Phi) is 8.79. The summed E-state index contributed by atoms with van der Waals surface area (Å²) in [5.41, 5.74) is 2.34. The number of hydroxylamine groups is 1. The Labute approximate surface area is 221 Å². The van der Waals surface area contributed by atoms with Gasteiger partial charge in [0.15, 0.2) is 6.29 Å². The quantitative estimate of drug-likeness (QED) is 0.462. The van der Waals surface area contributed by atoms with Crippen molar-refractivity contribution < 1.29 is 18.8 Å². The van der Waals surface area contributed by atoms with Gasteiger partial charge in [0.2, 0.25) is 5.91 Å². The van der Waals surface area contributed by atoms with E-state index < -0.39 is 23.4 Å². The predicted octanol–water partition coefficient (Wildman–Crippen LogP) is 4.52. The van der Waals surface area contributed by atoms with Gasteiger partial charge in [-0.2, -0.15) is 0 Å². The third-order valence-electron chi connectivity index (χ3n) is 8.14. The van der Waals surface area contributed by atoms with E-state index in [1.807, 2.05) is 0 Å². The lowest BCUT2D eigenvalue weighted by Gasteiger charge is -2.25. The Morgan fingerprint density at radius 2 is 1.74 bits per heavy atom. The summed E-state index contributed by atoms with van der Waals surface area (Å²) in [7, 11) is 0. The maximum atomic E-state index is 15.2. The number of rotatable bonds is 9. The molecule has 9 nitrogen and oxygen atoms in total. The Morgan fingerprint density at radius 1 is 1.00 bits per heavy atom. The highest BCUT2D eigenvalue weighted by Gasteiger charge is 2.25. The van der Waals surface area contributed by atoms with E-state index >= 15 is 4.39 Å². The van der Waals surface area contributed by atoms with Gasteiger partial charge in [-0.05, 0) is 57.1 Å². The Balaban J connectivity index is 1.36. The minimum atomic E-state index is -0.519. The summed E-state index contributed by atoms with van der Waals surface area (Å²) >= 11 is 0. The van der Waals surface area contributed by atoms with E-state index in [0.717, 1.165) is 75.2 Å². The molecule has 2 saturated carbocycles. The zero-order valence-electron chi connectivity index (χ0n) is 22.0. The normalized spacial score (nSPS) is 21.1. The number of halogens is 1. The number of hydrogen-bond donors (Lipinski definition) is 2. The van der Waals surface area contributed by atoms with Crippen LogP contribution >= 0.6 is 0 Å². The van der Waals surface area contributed by atoms with Crippen molar-refractivity contribution in [1.82, 2.24) is 14.6 Å². The molecule has 1 aromatic carbocycles. The summed E-state index contributed by atoms with van der Waals surface area (Å²) in [6.07, 6.45) is 11.7. The highest BCUT2D eigenvalue weighted by molar-refractivity contribution is 5.82. The van der Waals surface area contributed by atoms with Gasteiger partial charge in [0, 0.05) is 38.1 Å². The monoisotopic (exact) mass is 530 g/mol. The van der Waals surface area contributed by atoms with Crippen molar-refractivity contribution in [3.05, 3.63) is 38.8 Å². The Morgan fingerprint density at radius 3 is 2.47 bits per heavy atom. The summed E-state index contributed by atoms with van der Waals surface area (Å²) in [5, 5.41) is 3.53. The maximum Gasteiger partial charge on any atom is 0.331 e. The highest BCUT2D eigenvalue weighted by Crippen LogP contribution is 2.32. The zero-order valence-corrected chi connectivity index (χ0v) is 22.0. The molecule has 1 aromatic heterocycles. The lowest BCUT2D eigenvalue weighted by atomic mass is 9.95. The van der Waals surface area contributed by atoms with Crippen molar-refractivity contribution in [2.75, 3.05) is 11.9 Å².